The Hall–Kier alpha value is -4.38. The summed E-state index contributed by atoms with van der Waals surface area (Å²) in [6.45, 7) is 9.76. The van der Waals surface area contributed by atoms with Gasteiger partial charge in [0.1, 0.15) is 12.1 Å². The van der Waals surface area contributed by atoms with Gasteiger partial charge in [0.25, 0.3) is 5.91 Å². The number of nitriles is 1. The molecule has 1 unspecified atom stereocenters. The standard InChI is InChI=1S/C30H29ClN6O/c1-5-7-24(30(38)37-28-16-21(17-32)10-11-35-28)8-9-26(31)14-22-13-25-18-34-19-36-29(25)27(15-22)23(6-2)12-20(3)33-4/h5-7,9-13,15-16,18-20,33H,1-2,8,14H2,3-4H3,(H,35,37,38)/b23-12+,24-7+,26-9+. The Morgan fingerprint density at radius 3 is 2.79 bits per heavy atom. The van der Waals surface area contributed by atoms with Gasteiger partial charge in [-0.3, -0.25) is 4.79 Å². The van der Waals surface area contributed by atoms with E-state index in [2.05, 4.69) is 57.8 Å². The maximum atomic E-state index is 12.8. The lowest BCUT2D eigenvalue weighted by Crippen LogP contribution is -2.18. The van der Waals surface area contributed by atoms with Crippen LogP contribution < -0.4 is 10.6 Å². The van der Waals surface area contributed by atoms with Gasteiger partial charge < -0.3 is 10.6 Å². The number of anilines is 1. The number of nitrogens with one attached hydrogen (secondary N) is 2. The van der Waals surface area contributed by atoms with Crippen molar-refractivity contribution < 1.29 is 4.79 Å². The Morgan fingerprint density at radius 2 is 2.08 bits per heavy atom. The number of likely N-dealkylation sites (N-methyl/N-ethyl adjacent to an activating group) is 1. The van der Waals surface area contributed by atoms with Crippen LogP contribution in [0, 0.1) is 11.3 Å². The molecular weight excluding hydrogens is 496 g/mol. The number of allylic oxidation sites excluding steroid dienone is 6. The molecule has 2 aromatic heterocycles. The molecule has 2 heterocycles. The summed E-state index contributed by atoms with van der Waals surface area (Å²) in [5.74, 6) is -0.0542. The van der Waals surface area contributed by atoms with Gasteiger partial charge in [-0.05, 0) is 55.8 Å². The van der Waals surface area contributed by atoms with Gasteiger partial charge in [0, 0.05) is 46.4 Å². The predicted molar refractivity (Wildman–Crippen MR) is 154 cm³/mol. The normalized spacial score (nSPS) is 13.1. The lowest BCUT2D eigenvalue weighted by Gasteiger charge is -2.13. The van der Waals surface area contributed by atoms with Gasteiger partial charge in [-0.1, -0.05) is 55.1 Å². The fraction of sp³-hybridized carbons (Fsp3) is 0.167. The number of carbonyl (C=O) groups excluding carboxylic acids is 1. The van der Waals surface area contributed by atoms with Crippen molar-refractivity contribution in [2.24, 2.45) is 0 Å². The highest BCUT2D eigenvalue weighted by Crippen LogP contribution is 2.28. The molecule has 3 aromatic rings. The third-order valence-electron chi connectivity index (χ3n) is 5.74. The van der Waals surface area contributed by atoms with Gasteiger partial charge in [-0.25, -0.2) is 15.0 Å². The second-order valence-electron chi connectivity index (χ2n) is 8.46. The molecule has 8 heteroatoms. The zero-order valence-corrected chi connectivity index (χ0v) is 22.2. The number of benzene rings is 1. The van der Waals surface area contributed by atoms with Gasteiger partial charge >= 0.3 is 0 Å². The smallest absolute Gasteiger partial charge is 0.253 e. The molecule has 192 valence electrons. The number of pyridine rings is 1. The molecular formula is C30H29ClN6O. The van der Waals surface area contributed by atoms with Crippen LogP contribution in [0.4, 0.5) is 5.82 Å². The first-order valence-corrected chi connectivity index (χ1v) is 12.3. The van der Waals surface area contributed by atoms with Crippen molar-refractivity contribution in [1.82, 2.24) is 20.3 Å². The average Bonchev–Trinajstić information content (AvgIpc) is 2.93. The quantitative estimate of drug-likeness (QED) is 0.240. The number of amides is 1. The van der Waals surface area contributed by atoms with Crippen molar-refractivity contribution in [3.8, 4) is 6.07 Å². The summed E-state index contributed by atoms with van der Waals surface area (Å²) in [7, 11) is 1.90. The molecule has 0 aliphatic heterocycles. The monoisotopic (exact) mass is 524 g/mol. The van der Waals surface area contributed by atoms with Crippen LogP contribution in [0.25, 0.3) is 16.5 Å². The Balaban J connectivity index is 1.84. The number of carbonyl (C=O) groups is 1. The van der Waals surface area contributed by atoms with Gasteiger partial charge in [-0.2, -0.15) is 5.26 Å². The third-order valence-corrected chi connectivity index (χ3v) is 6.03. The lowest BCUT2D eigenvalue weighted by molar-refractivity contribution is -0.112. The third kappa shape index (κ3) is 7.56. The molecule has 1 amide bonds. The van der Waals surface area contributed by atoms with Crippen molar-refractivity contribution in [3.63, 3.8) is 0 Å². The fourth-order valence-electron chi connectivity index (χ4n) is 3.74. The number of nitrogens with zero attached hydrogens (tertiary/aromatic N) is 4. The highest BCUT2D eigenvalue weighted by atomic mass is 35.5. The maximum absolute atomic E-state index is 12.8. The summed E-state index contributed by atoms with van der Waals surface area (Å²) >= 11 is 6.64. The van der Waals surface area contributed by atoms with Crippen molar-refractivity contribution >= 4 is 39.8 Å². The molecule has 1 aromatic carbocycles. The van der Waals surface area contributed by atoms with E-state index in [1.165, 1.54) is 18.6 Å². The number of hydrogen-bond donors (Lipinski definition) is 2. The zero-order valence-electron chi connectivity index (χ0n) is 21.4. The zero-order chi connectivity index (χ0) is 27.5. The minimum absolute atomic E-state index is 0.144. The van der Waals surface area contributed by atoms with Crippen molar-refractivity contribution in [1.29, 1.82) is 5.26 Å². The number of halogens is 1. The Kier molecular flexibility index (Phi) is 10.2. The summed E-state index contributed by atoms with van der Waals surface area (Å²) in [6.07, 6.45) is 14.4. The Labute approximate surface area is 228 Å². The van der Waals surface area contributed by atoms with Crippen LogP contribution in [0.15, 0.2) is 97.1 Å². The molecule has 0 spiro atoms. The van der Waals surface area contributed by atoms with Crippen LogP contribution in [0.5, 0.6) is 0 Å². The predicted octanol–water partition coefficient (Wildman–Crippen LogP) is 5.88. The molecule has 7 nitrogen and oxygen atoms in total. The van der Waals surface area contributed by atoms with Crippen LogP contribution in [-0.4, -0.2) is 33.9 Å². The first-order valence-electron chi connectivity index (χ1n) is 12.0. The number of hydrogen-bond acceptors (Lipinski definition) is 6. The first-order chi connectivity index (χ1) is 18.4. The molecule has 38 heavy (non-hydrogen) atoms. The largest absolute Gasteiger partial charge is 0.314 e. The van der Waals surface area contributed by atoms with Crippen LogP contribution >= 0.6 is 11.6 Å². The molecule has 0 saturated carbocycles. The number of aromatic nitrogens is 3. The highest BCUT2D eigenvalue weighted by Gasteiger charge is 2.12. The topological polar surface area (TPSA) is 104 Å². The molecule has 0 aliphatic rings. The minimum Gasteiger partial charge on any atom is -0.314 e. The van der Waals surface area contributed by atoms with Crippen LogP contribution in [0.1, 0.15) is 30.0 Å². The van der Waals surface area contributed by atoms with E-state index in [4.69, 9.17) is 16.9 Å². The highest BCUT2D eigenvalue weighted by molar-refractivity contribution is 6.29. The second-order valence-corrected chi connectivity index (χ2v) is 8.95. The molecule has 0 bridgehead atoms. The molecule has 0 aliphatic carbocycles. The number of rotatable bonds is 11. The molecule has 3 rings (SSSR count). The minimum atomic E-state index is -0.349. The summed E-state index contributed by atoms with van der Waals surface area (Å²) in [5, 5.41) is 16.5. The molecule has 0 saturated heterocycles. The second kappa shape index (κ2) is 13.8. The van der Waals surface area contributed by atoms with Gasteiger partial charge in [0.2, 0.25) is 0 Å². The van der Waals surface area contributed by atoms with E-state index in [9.17, 15) is 4.79 Å². The summed E-state index contributed by atoms with van der Waals surface area (Å²) in [4.78, 5) is 25.6. The SMILES string of the molecule is C=C/C=C(\C/C=C(/Cl)Cc1cc(/C(C=C)=C/C(C)NC)c2ncncc2c1)C(=O)Nc1cc(C#N)ccn1. The van der Waals surface area contributed by atoms with E-state index in [1.807, 2.05) is 25.3 Å². The number of fused-ring (bicyclic) bond motifs is 1. The van der Waals surface area contributed by atoms with E-state index >= 15 is 0 Å². The van der Waals surface area contributed by atoms with Gasteiger partial charge in [-0.15, -0.1) is 0 Å². The van der Waals surface area contributed by atoms with Crippen LogP contribution in [-0.2, 0) is 11.2 Å². The van der Waals surface area contributed by atoms with Crippen LogP contribution in [0.2, 0.25) is 0 Å². The van der Waals surface area contributed by atoms with E-state index in [0.29, 0.717) is 28.4 Å². The lowest BCUT2D eigenvalue weighted by atomic mass is 9.96. The van der Waals surface area contributed by atoms with Gasteiger partial charge in [0.15, 0.2) is 0 Å². The molecule has 0 radical (unpaired) electrons. The molecule has 1 atom stereocenters. The van der Waals surface area contributed by atoms with E-state index in [0.717, 1.165) is 27.6 Å². The van der Waals surface area contributed by atoms with Gasteiger partial charge in [0.05, 0.1) is 17.1 Å². The average molecular weight is 525 g/mol. The summed E-state index contributed by atoms with van der Waals surface area (Å²) < 4.78 is 0. The van der Waals surface area contributed by atoms with Crippen LogP contribution in [0.3, 0.4) is 0 Å². The van der Waals surface area contributed by atoms with Crippen molar-refractivity contribution in [3.05, 3.63) is 114 Å². The Bertz CT molecular complexity index is 1480. The maximum Gasteiger partial charge on any atom is 0.253 e. The molecule has 2 N–H and O–H groups in total. The Morgan fingerprint density at radius 1 is 1.26 bits per heavy atom. The fourth-order valence-corrected chi connectivity index (χ4v) is 3.97. The van der Waals surface area contributed by atoms with Crippen molar-refractivity contribution in [2.75, 3.05) is 12.4 Å². The molecule has 0 fully saturated rings. The van der Waals surface area contributed by atoms with E-state index in [-0.39, 0.29) is 18.4 Å². The summed E-state index contributed by atoms with van der Waals surface area (Å²) in [5.41, 5.74) is 4.57. The first kappa shape index (κ1) is 28.2. The van der Waals surface area contributed by atoms with E-state index < -0.39 is 0 Å². The van der Waals surface area contributed by atoms with E-state index in [1.54, 1.807) is 30.5 Å². The summed E-state index contributed by atoms with van der Waals surface area (Å²) in [6, 6.07) is 9.32. The van der Waals surface area contributed by atoms with Crippen molar-refractivity contribution in [2.45, 2.75) is 25.8 Å².